The second kappa shape index (κ2) is 10.3. The summed E-state index contributed by atoms with van der Waals surface area (Å²) < 4.78 is 20.4. The largest absolute Gasteiger partial charge is 0.633 e. The van der Waals surface area contributed by atoms with Crippen molar-refractivity contribution in [3.05, 3.63) is 101 Å². The summed E-state index contributed by atoms with van der Waals surface area (Å²) in [6.07, 6.45) is 2.27. The lowest BCUT2D eigenvalue weighted by molar-refractivity contribution is -0.926. The molecule has 168 valence electrons. The summed E-state index contributed by atoms with van der Waals surface area (Å²) in [7, 11) is -1.57. The normalized spacial score (nSPS) is 24.7. The number of halogens is 1. The lowest BCUT2D eigenvalue weighted by Gasteiger charge is -2.49. The zero-order chi connectivity index (χ0) is 22.6. The average molecular weight is 514 g/mol. The van der Waals surface area contributed by atoms with Crippen LogP contribution < -0.4 is 9.80 Å². The van der Waals surface area contributed by atoms with Crippen molar-refractivity contribution in [3.8, 4) is 5.75 Å². The third-order valence-corrected chi connectivity index (χ3v) is 8.63. The third kappa shape index (κ3) is 4.29. The first kappa shape index (κ1) is 23.2. The minimum Gasteiger partial charge on any atom is -0.633 e. The molecule has 4 unspecified atom stereocenters. The zero-order valence-electron chi connectivity index (χ0n) is 18.1. The van der Waals surface area contributed by atoms with Gasteiger partial charge in [-0.3, -0.25) is 0 Å². The smallest absolute Gasteiger partial charge is 0.211 e. The molecule has 0 saturated carbocycles. The van der Waals surface area contributed by atoms with E-state index >= 15 is 0 Å². The summed E-state index contributed by atoms with van der Waals surface area (Å²) in [5.74, 6) is 0.645. The van der Waals surface area contributed by atoms with Gasteiger partial charge < -0.3 is 15.0 Å². The Morgan fingerprint density at radius 1 is 1.00 bits per heavy atom. The number of unbranched alkanes of at least 4 members (excludes halogenated alkanes) is 1. The predicted molar refractivity (Wildman–Crippen MR) is 132 cm³/mol. The Morgan fingerprint density at radius 2 is 1.69 bits per heavy atom. The van der Waals surface area contributed by atoms with Crippen LogP contribution in [0.4, 0.5) is 0 Å². The molecule has 3 aromatic carbocycles. The van der Waals surface area contributed by atoms with E-state index in [1.807, 2.05) is 85.8 Å². The number of alkyl halides is 1. The number of hydrogen-bond donors (Lipinski definition) is 1. The molecule has 0 amide bonds. The van der Waals surface area contributed by atoms with Gasteiger partial charge in [-0.2, -0.15) is 0 Å². The van der Waals surface area contributed by atoms with Crippen LogP contribution in [0.1, 0.15) is 42.5 Å². The van der Waals surface area contributed by atoms with E-state index in [9.17, 15) is 9.42 Å². The van der Waals surface area contributed by atoms with Gasteiger partial charge in [-0.1, -0.05) is 76.6 Å². The van der Waals surface area contributed by atoms with Gasteiger partial charge in [-0.05, 0) is 43.5 Å². The quantitative estimate of drug-likeness (QED) is 0.264. The summed E-state index contributed by atoms with van der Waals surface area (Å²) in [4.78, 5) is -0.467. The molecule has 0 saturated heterocycles. The minimum absolute atomic E-state index is 0.0186. The second-order valence-electron chi connectivity index (χ2n) is 8.12. The molecule has 32 heavy (non-hydrogen) atoms. The van der Waals surface area contributed by atoms with Gasteiger partial charge in [0.15, 0.2) is 0 Å². The number of ether oxygens (including phenoxy) is 1. The maximum absolute atomic E-state index is 14.3. The van der Waals surface area contributed by atoms with E-state index in [1.165, 1.54) is 0 Å². The van der Waals surface area contributed by atoms with E-state index in [1.54, 1.807) is 0 Å². The molecule has 3 aromatic rings. The minimum atomic E-state index is -1.57. The van der Waals surface area contributed by atoms with Crippen molar-refractivity contribution in [1.29, 1.82) is 0 Å². The van der Waals surface area contributed by atoms with Crippen molar-refractivity contribution in [2.45, 2.75) is 42.0 Å². The van der Waals surface area contributed by atoms with Crippen molar-refractivity contribution in [3.63, 3.8) is 0 Å². The molecule has 0 fully saturated rings. The Kier molecular flexibility index (Phi) is 7.46. The summed E-state index contributed by atoms with van der Waals surface area (Å²) in [6.45, 7) is 2.48. The molecule has 4 atom stereocenters. The van der Waals surface area contributed by atoms with Crippen LogP contribution in [0.15, 0.2) is 83.8 Å². The Hall–Kier alpha value is -1.99. The third-order valence-electron chi connectivity index (χ3n) is 6.10. The molecule has 1 heterocycles. The van der Waals surface area contributed by atoms with E-state index in [0.717, 1.165) is 34.2 Å². The summed E-state index contributed by atoms with van der Waals surface area (Å²) >= 11 is 3.46. The average Bonchev–Trinajstić information content (AvgIpc) is 2.84. The fourth-order valence-electron chi connectivity index (χ4n) is 4.45. The van der Waals surface area contributed by atoms with Gasteiger partial charge in [0.2, 0.25) is 4.87 Å². The van der Waals surface area contributed by atoms with Crippen LogP contribution in [0.3, 0.4) is 0 Å². The SMILES string of the molecule is CC1c2ccccc2S(=O)C(Cc2ccccc2)(c2ccccc2OCCCCBr)[NH+]1[O-]. The second-order valence-corrected chi connectivity index (χ2v) is 10.6. The molecule has 6 heteroatoms. The number of fused-ring (bicyclic) bond motifs is 1. The summed E-state index contributed by atoms with van der Waals surface area (Å²) in [5, 5.41) is 15.0. The van der Waals surface area contributed by atoms with Gasteiger partial charge in [-0.15, -0.1) is 0 Å². The molecule has 1 N–H and O–H groups in total. The number of hydrogen-bond acceptors (Lipinski definition) is 3. The highest BCUT2D eigenvalue weighted by atomic mass is 79.9. The lowest BCUT2D eigenvalue weighted by atomic mass is 9.94. The fourth-order valence-corrected chi connectivity index (χ4v) is 6.90. The van der Waals surface area contributed by atoms with Crippen molar-refractivity contribution in [2.24, 2.45) is 0 Å². The molecule has 0 bridgehead atoms. The highest BCUT2D eigenvalue weighted by Crippen LogP contribution is 2.41. The lowest BCUT2D eigenvalue weighted by Crippen LogP contribution is -3.16. The van der Waals surface area contributed by atoms with Crippen LogP contribution in [0.2, 0.25) is 0 Å². The molecular weight excluding hydrogens is 486 g/mol. The van der Waals surface area contributed by atoms with E-state index in [-0.39, 0.29) is 11.1 Å². The van der Waals surface area contributed by atoms with Gasteiger partial charge in [-0.25, -0.2) is 4.21 Å². The topological polar surface area (TPSA) is 53.8 Å². The number of quaternary nitrogens is 1. The van der Waals surface area contributed by atoms with E-state index in [2.05, 4.69) is 15.9 Å². The fraction of sp³-hybridized carbons (Fsp3) is 0.308. The standard InChI is InChI=1S/C26H28BrNO3S/c1-20-22-13-5-8-16-25(22)32(30)26(28(20)29,19-21-11-3-2-4-12-21)23-14-6-7-15-24(23)31-18-10-9-17-27/h2-8,11-16,20,28H,9-10,17-19H2,1H3. The molecule has 4 rings (SSSR count). The van der Waals surface area contributed by atoms with Gasteiger partial charge >= 0.3 is 0 Å². The summed E-state index contributed by atoms with van der Waals surface area (Å²) in [5.41, 5.74) is 2.55. The predicted octanol–water partition coefficient (Wildman–Crippen LogP) is 4.90. The van der Waals surface area contributed by atoms with Crippen LogP contribution in [-0.4, -0.2) is 16.1 Å². The number of para-hydroxylation sites is 1. The van der Waals surface area contributed by atoms with Crippen molar-refractivity contribution in [2.75, 3.05) is 11.9 Å². The van der Waals surface area contributed by atoms with Crippen LogP contribution in [0.5, 0.6) is 5.75 Å². The van der Waals surface area contributed by atoms with Gasteiger partial charge in [0.1, 0.15) is 22.6 Å². The Bertz CT molecular complexity index is 1080. The molecule has 1 aliphatic heterocycles. The molecule has 0 aliphatic carbocycles. The number of rotatable bonds is 8. The monoisotopic (exact) mass is 513 g/mol. The summed E-state index contributed by atoms with van der Waals surface area (Å²) in [6, 6.07) is 24.8. The van der Waals surface area contributed by atoms with E-state index in [4.69, 9.17) is 4.74 Å². The van der Waals surface area contributed by atoms with Gasteiger partial charge in [0.25, 0.3) is 0 Å². The van der Waals surface area contributed by atoms with E-state index in [0.29, 0.717) is 24.3 Å². The van der Waals surface area contributed by atoms with Gasteiger partial charge in [0, 0.05) is 17.3 Å². The number of benzene rings is 3. The molecule has 0 aromatic heterocycles. The first-order valence-corrected chi connectivity index (χ1v) is 13.2. The molecule has 0 radical (unpaired) electrons. The van der Waals surface area contributed by atoms with Crippen LogP contribution in [0, 0.1) is 5.21 Å². The highest BCUT2D eigenvalue weighted by Gasteiger charge is 2.53. The van der Waals surface area contributed by atoms with Crippen molar-refractivity contribution < 1.29 is 14.0 Å². The van der Waals surface area contributed by atoms with Gasteiger partial charge in [0.05, 0.1) is 17.1 Å². The van der Waals surface area contributed by atoms with Crippen molar-refractivity contribution in [1.82, 2.24) is 0 Å². The molecule has 0 spiro atoms. The molecular formula is C26H28BrNO3S. The molecule has 4 nitrogen and oxygen atoms in total. The number of hydroxylamine groups is 2. The first-order chi connectivity index (χ1) is 15.6. The maximum atomic E-state index is 14.3. The number of nitrogens with one attached hydrogen (secondary N) is 1. The Labute approximate surface area is 200 Å². The highest BCUT2D eigenvalue weighted by molar-refractivity contribution is 9.09. The zero-order valence-corrected chi connectivity index (χ0v) is 20.5. The maximum Gasteiger partial charge on any atom is 0.211 e. The van der Waals surface area contributed by atoms with Crippen LogP contribution in [-0.2, 0) is 22.1 Å². The Morgan fingerprint density at radius 3 is 2.47 bits per heavy atom. The van der Waals surface area contributed by atoms with E-state index < -0.39 is 15.7 Å². The first-order valence-electron chi connectivity index (χ1n) is 11.0. The van der Waals surface area contributed by atoms with Crippen molar-refractivity contribution >= 4 is 26.7 Å². The Balaban J connectivity index is 1.87. The van der Waals surface area contributed by atoms with Crippen LogP contribution in [0.25, 0.3) is 0 Å². The van der Waals surface area contributed by atoms with Crippen LogP contribution >= 0.6 is 15.9 Å². The molecule has 1 aliphatic rings.